The van der Waals surface area contributed by atoms with E-state index in [1.54, 1.807) is 11.3 Å². The van der Waals surface area contributed by atoms with Crippen molar-refractivity contribution in [2.75, 3.05) is 24.5 Å². The van der Waals surface area contributed by atoms with E-state index in [2.05, 4.69) is 85.2 Å². The molecule has 3 atom stereocenters. The van der Waals surface area contributed by atoms with Gasteiger partial charge >= 0.3 is 0 Å². The van der Waals surface area contributed by atoms with Gasteiger partial charge in [-0.2, -0.15) is 5.26 Å². The number of nitriles is 1. The summed E-state index contributed by atoms with van der Waals surface area (Å²) in [5.74, 6) is 0. The quantitative estimate of drug-likeness (QED) is 0.189. The standard InChI is InChI=1S/C32H39N3O3S/c1-5-13-35(14-6-2)26-10-9-23-15-25(8-7-24(23)16-26)31-12-11-30(39-31)21(3)29(19-33)22(4)34-20-28-17-27(36)18-32(37)38-28/h7-12,15-16,27-28,32,34,36-37H,4-6,13-14,17-18,20H2,1-3H3/b29-21+. The summed E-state index contributed by atoms with van der Waals surface area (Å²) >= 11 is 1.65. The molecule has 0 bridgehead atoms. The summed E-state index contributed by atoms with van der Waals surface area (Å²) in [7, 11) is 0. The third kappa shape index (κ3) is 7.09. The van der Waals surface area contributed by atoms with Gasteiger partial charge in [-0.05, 0) is 72.0 Å². The van der Waals surface area contributed by atoms with Gasteiger partial charge in [0.15, 0.2) is 6.29 Å². The first kappa shape index (κ1) is 28.8. The number of hydrogen-bond acceptors (Lipinski definition) is 7. The molecule has 0 aliphatic carbocycles. The molecule has 0 radical (unpaired) electrons. The van der Waals surface area contributed by atoms with Gasteiger partial charge in [0.25, 0.3) is 0 Å². The number of thiophene rings is 1. The molecule has 0 spiro atoms. The molecule has 3 aromatic rings. The third-order valence-corrected chi connectivity index (χ3v) is 8.38. The molecule has 6 nitrogen and oxygen atoms in total. The highest BCUT2D eigenvalue weighted by atomic mass is 32.1. The zero-order chi connectivity index (χ0) is 27.9. The molecular weight excluding hydrogens is 506 g/mol. The monoisotopic (exact) mass is 545 g/mol. The Morgan fingerprint density at radius 3 is 2.49 bits per heavy atom. The summed E-state index contributed by atoms with van der Waals surface area (Å²) in [6.45, 7) is 12.9. The van der Waals surface area contributed by atoms with Crippen molar-refractivity contribution in [3.63, 3.8) is 0 Å². The van der Waals surface area contributed by atoms with Crippen molar-refractivity contribution in [1.82, 2.24) is 5.32 Å². The maximum atomic E-state index is 9.90. The van der Waals surface area contributed by atoms with Crippen LogP contribution in [0.2, 0.25) is 0 Å². The molecule has 1 aliphatic rings. The zero-order valence-corrected chi connectivity index (χ0v) is 23.9. The maximum Gasteiger partial charge on any atom is 0.157 e. The van der Waals surface area contributed by atoms with Gasteiger partial charge in [0.2, 0.25) is 0 Å². The van der Waals surface area contributed by atoms with Crippen LogP contribution in [-0.4, -0.2) is 48.3 Å². The SMILES string of the molecule is C=C(NCC1CC(O)CC(O)O1)/C(C#N)=C(\C)c1ccc(-c2ccc3cc(N(CCC)CCC)ccc3c2)s1. The normalized spacial score (nSPS) is 19.8. The summed E-state index contributed by atoms with van der Waals surface area (Å²) in [5, 5.41) is 35.1. The van der Waals surface area contributed by atoms with E-state index in [9.17, 15) is 15.5 Å². The molecule has 39 heavy (non-hydrogen) atoms. The first-order valence-electron chi connectivity index (χ1n) is 13.8. The highest BCUT2D eigenvalue weighted by Crippen LogP contribution is 2.35. The number of benzene rings is 2. The predicted molar refractivity (Wildman–Crippen MR) is 162 cm³/mol. The lowest BCUT2D eigenvalue weighted by molar-refractivity contribution is -0.186. The second-order valence-electron chi connectivity index (χ2n) is 10.2. The molecule has 0 amide bonds. The molecule has 7 heteroatoms. The topological polar surface area (TPSA) is 88.7 Å². The lowest BCUT2D eigenvalue weighted by Crippen LogP contribution is -2.40. The summed E-state index contributed by atoms with van der Waals surface area (Å²) in [5.41, 5.74) is 4.27. The zero-order valence-electron chi connectivity index (χ0n) is 23.1. The number of hydrogen-bond donors (Lipinski definition) is 3. The number of aliphatic hydroxyl groups excluding tert-OH is 2. The van der Waals surface area contributed by atoms with Crippen LogP contribution >= 0.6 is 11.3 Å². The summed E-state index contributed by atoms with van der Waals surface area (Å²) in [4.78, 5) is 4.61. The number of rotatable bonds is 11. The second kappa shape index (κ2) is 13.3. The number of nitrogens with one attached hydrogen (secondary N) is 1. The Morgan fingerprint density at radius 1 is 1.08 bits per heavy atom. The van der Waals surface area contributed by atoms with Crippen LogP contribution < -0.4 is 10.2 Å². The summed E-state index contributed by atoms with van der Waals surface area (Å²) in [6, 6.07) is 19.8. The Kier molecular flexibility index (Phi) is 9.82. The maximum absolute atomic E-state index is 9.90. The summed E-state index contributed by atoms with van der Waals surface area (Å²) in [6.07, 6.45) is 0.991. The second-order valence-corrected chi connectivity index (χ2v) is 11.3. The smallest absolute Gasteiger partial charge is 0.157 e. The minimum Gasteiger partial charge on any atom is -0.393 e. The minimum atomic E-state index is -0.972. The fourth-order valence-corrected chi connectivity index (χ4v) is 6.12. The first-order chi connectivity index (χ1) is 18.8. The third-order valence-electron chi connectivity index (χ3n) is 7.13. The Bertz CT molecular complexity index is 1360. The molecule has 3 unspecified atom stereocenters. The molecular formula is C32H39N3O3S. The fraction of sp³-hybridized carbons (Fsp3) is 0.406. The van der Waals surface area contributed by atoms with Crippen LogP contribution in [0.5, 0.6) is 0 Å². The Morgan fingerprint density at radius 2 is 1.79 bits per heavy atom. The Hall–Kier alpha value is -3.15. The van der Waals surface area contributed by atoms with Crippen LogP contribution in [0.1, 0.15) is 51.3 Å². The van der Waals surface area contributed by atoms with E-state index < -0.39 is 12.4 Å². The van der Waals surface area contributed by atoms with Gasteiger partial charge in [-0.25, -0.2) is 0 Å². The van der Waals surface area contributed by atoms with Gasteiger partial charge in [0.05, 0.1) is 17.8 Å². The number of ether oxygens (including phenoxy) is 1. The summed E-state index contributed by atoms with van der Waals surface area (Å²) < 4.78 is 5.48. The van der Waals surface area contributed by atoms with Crippen LogP contribution in [0.4, 0.5) is 5.69 Å². The van der Waals surface area contributed by atoms with Gasteiger partial charge < -0.3 is 25.2 Å². The van der Waals surface area contributed by atoms with E-state index in [1.807, 2.05) is 6.92 Å². The molecule has 1 fully saturated rings. The molecule has 2 aromatic carbocycles. The van der Waals surface area contributed by atoms with Gasteiger partial charge in [0, 0.05) is 53.6 Å². The number of nitrogens with zero attached hydrogens (tertiary/aromatic N) is 2. The van der Waals surface area contributed by atoms with Crippen molar-refractivity contribution < 1.29 is 14.9 Å². The molecule has 3 N–H and O–H groups in total. The fourth-order valence-electron chi connectivity index (χ4n) is 5.11. The lowest BCUT2D eigenvalue weighted by Gasteiger charge is -2.30. The predicted octanol–water partition coefficient (Wildman–Crippen LogP) is 6.45. The number of aliphatic hydroxyl groups is 2. The molecule has 1 aliphatic heterocycles. The first-order valence-corrected chi connectivity index (χ1v) is 14.6. The number of allylic oxidation sites excluding steroid dienone is 2. The molecule has 1 aromatic heterocycles. The largest absolute Gasteiger partial charge is 0.393 e. The van der Waals surface area contributed by atoms with Gasteiger partial charge in [-0.1, -0.05) is 38.6 Å². The van der Waals surface area contributed by atoms with E-state index in [4.69, 9.17) is 4.74 Å². The van der Waals surface area contributed by atoms with E-state index in [-0.39, 0.29) is 12.5 Å². The molecule has 2 heterocycles. The average molecular weight is 546 g/mol. The molecule has 1 saturated heterocycles. The van der Waals surface area contributed by atoms with Gasteiger partial charge in [0.1, 0.15) is 6.07 Å². The van der Waals surface area contributed by atoms with Crippen LogP contribution in [0.25, 0.3) is 26.8 Å². The van der Waals surface area contributed by atoms with E-state index in [1.165, 1.54) is 16.5 Å². The van der Waals surface area contributed by atoms with Crippen LogP contribution in [0, 0.1) is 11.3 Å². The van der Waals surface area contributed by atoms with Gasteiger partial charge in [-0.15, -0.1) is 11.3 Å². The van der Waals surface area contributed by atoms with Crippen LogP contribution in [0.15, 0.2) is 66.4 Å². The molecule has 206 valence electrons. The van der Waals surface area contributed by atoms with Crippen molar-refractivity contribution in [3.8, 4) is 16.5 Å². The lowest BCUT2D eigenvalue weighted by atomic mass is 10.0. The van der Waals surface area contributed by atoms with Crippen molar-refractivity contribution >= 4 is 33.4 Å². The highest BCUT2D eigenvalue weighted by Gasteiger charge is 2.27. The van der Waals surface area contributed by atoms with Crippen molar-refractivity contribution in [2.45, 2.75) is 65.0 Å². The van der Waals surface area contributed by atoms with Gasteiger partial charge in [-0.3, -0.25) is 0 Å². The Balaban J connectivity index is 1.50. The minimum absolute atomic E-state index is 0.218. The van der Waals surface area contributed by atoms with Crippen molar-refractivity contribution in [1.29, 1.82) is 5.26 Å². The van der Waals surface area contributed by atoms with Crippen LogP contribution in [0.3, 0.4) is 0 Å². The van der Waals surface area contributed by atoms with Crippen molar-refractivity contribution in [3.05, 3.63) is 71.3 Å². The average Bonchev–Trinajstić information content (AvgIpc) is 3.41. The van der Waals surface area contributed by atoms with E-state index >= 15 is 0 Å². The van der Waals surface area contributed by atoms with E-state index in [0.29, 0.717) is 24.2 Å². The van der Waals surface area contributed by atoms with E-state index in [0.717, 1.165) is 46.8 Å². The Labute approximate surface area is 235 Å². The highest BCUT2D eigenvalue weighted by molar-refractivity contribution is 7.16. The molecule has 4 rings (SSSR count). The number of fused-ring (bicyclic) bond motifs is 1. The van der Waals surface area contributed by atoms with Crippen LogP contribution in [-0.2, 0) is 4.74 Å². The van der Waals surface area contributed by atoms with Crippen molar-refractivity contribution in [2.24, 2.45) is 0 Å². The molecule has 0 saturated carbocycles. The number of anilines is 1.